The third kappa shape index (κ3) is 4.93. The Bertz CT molecular complexity index is 758. The molecule has 0 heterocycles. The molecule has 1 aromatic carbocycles. The van der Waals surface area contributed by atoms with Crippen molar-refractivity contribution in [1.29, 1.82) is 0 Å². The fraction of sp³-hybridized carbons (Fsp3) is 0.632. The minimum absolute atomic E-state index is 0.00901. The molecule has 1 aromatic rings. The molecule has 27 heavy (non-hydrogen) atoms. The summed E-state index contributed by atoms with van der Waals surface area (Å²) in [5, 5.41) is 3.13. The summed E-state index contributed by atoms with van der Waals surface area (Å²) >= 11 is 0. The van der Waals surface area contributed by atoms with Crippen LogP contribution in [-0.4, -0.2) is 63.9 Å². The number of likely N-dealkylation sites (N-methyl/N-ethyl adjacent to an activating group) is 1. The molecule has 1 atom stereocenters. The summed E-state index contributed by atoms with van der Waals surface area (Å²) in [4.78, 5) is 14.7. The van der Waals surface area contributed by atoms with Crippen molar-refractivity contribution in [3.05, 3.63) is 18.2 Å². The first-order valence-electron chi connectivity index (χ1n) is 9.32. The first kappa shape index (κ1) is 21.5. The fourth-order valence-corrected chi connectivity index (χ4v) is 4.51. The first-order chi connectivity index (χ1) is 12.7. The van der Waals surface area contributed by atoms with Crippen LogP contribution in [0.25, 0.3) is 0 Å². The van der Waals surface area contributed by atoms with E-state index in [4.69, 9.17) is 4.74 Å². The van der Waals surface area contributed by atoms with E-state index in [1.165, 1.54) is 33.7 Å². The van der Waals surface area contributed by atoms with Crippen LogP contribution in [0.4, 0.5) is 5.69 Å². The van der Waals surface area contributed by atoms with E-state index in [-0.39, 0.29) is 22.6 Å². The lowest BCUT2D eigenvalue weighted by Crippen LogP contribution is -2.45. The Morgan fingerprint density at radius 2 is 1.81 bits per heavy atom. The molecule has 0 saturated heterocycles. The van der Waals surface area contributed by atoms with Crippen LogP contribution in [0.3, 0.4) is 0 Å². The Labute approximate surface area is 162 Å². The van der Waals surface area contributed by atoms with Gasteiger partial charge >= 0.3 is 0 Å². The van der Waals surface area contributed by atoms with Crippen LogP contribution in [0.15, 0.2) is 23.1 Å². The van der Waals surface area contributed by atoms with Crippen LogP contribution in [0.5, 0.6) is 5.75 Å². The quantitative estimate of drug-likeness (QED) is 0.765. The van der Waals surface area contributed by atoms with E-state index in [1.54, 1.807) is 19.1 Å². The predicted octanol–water partition coefficient (Wildman–Crippen LogP) is 2.54. The maximum Gasteiger partial charge on any atom is 0.246 e. The van der Waals surface area contributed by atoms with Crippen molar-refractivity contribution in [2.24, 2.45) is 0 Å². The largest absolute Gasteiger partial charge is 0.495 e. The zero-order chi connectivity index (χ0) is 20.2. The lowest BCUT2D eigenvalue weighted by atomic mass is 9.94. The highest BCUT2D eigenvalue weighted by Gasteiger charge is 2.27. The SMILES string of the molecule is COc1ccc(N[C@H](C)C(=O)N(C)C2CCCCC2)cc1S(=O)(=O)N(C)C. The minimum Gasteiger partial charge on any atom is -0.495 e. The van der Waals surface area contributed by atoms with Crippen molar-refractivity contribution in [2.45, 2.75) is 56.0 Å². The van der Waals surface area contributed by atoms with Gasteiger partial charge < -0.3 is 15.0 Å². The highest BCUT2D eigenvalue weighted by atomic mass is 32.2. The van der Waals surface area contributed by atoms with Crippen LogP contribution in [-0.2, 0) is 14.8 Å². The summed E-state index contributed by atoms with van der Waals surface area (Å²) in [7, 11) is 2.57. The lowest BCUT2D eigenvalue weighted by Gasteiger charge is -2.33. The smallest absolute Gasteiger partial charge is 0.246 e. The molecule has 1 amide bonds. The molecular weight excluding hydrogens is 366 g/mol. The van der Waals surface area contributed by atoms with Gasteiger partial charge in [-0.15, -0.1) is 0 Å². The number of hydrogen-bond acceptors (Lipinski definition) is 5. The van der Waals surface area contributed by atoms with Crippen LogP contribution in [0, 0.1) is 0 Å². The highest BCUT2D eigenvalue weighted by molar-refractivity contribution is 7.89. The number of benzene rings is 1. The Morgan fingerprint density at radius 3 is 2.37 bits per heavy atom. The van der Waals surface area contributed by atoms with E-state index in [0.717, 1.165) is 30.0 Å². The number of anilines is 1. The standard InChI is InChI=1S/C19H31N3O4S/c1-14(19(23)22(4)16-9-7-6-8-10-16)20-15-11-12-17(26-5)18(13-15)27(24,25)21(2)3/h11-14,16,20H,6-10H2,1-5H3/t14-/m1/s1. The van der Waals surface area contributed by atoms with Gasteiger partial charge in [-0.1, -0.05) is 19.3 Å². The molecule has 0 bridgehead atoms. The minimum atomic E-state index is -3.66. The van der Waals surface area contributed by atoms with E-state index in [1.807, 2.05) is 11.9 Å². The molecule has 8 heteroatoms. The second-order valence-corrected chi connectivity index (χ2v) is 9.38. The number of amides is 1. The molecule has 152 valence electrons. The van der Waals surface area contributed by atoms with Crippen LogP contribution in [0.1, 0.15) is 39.0 Å². The van der Waals surface area contributed by atoms with E-state index < -0.39 is 16.1 Å². The van der Waals surface area contributed by atoms with E-state index in [9.17, 15) is 13.2 Å². The number of ether oxygens (including phenoxy) is 1. The number of carbonyl (C=O) groups excluding carboxylic acids is 1. The topological polar surface area (TPSA) is 79.0 Å². The molecule has 1 aliphatic carbocycles. The number of nitrogens with zero attached hydrogens (tertiary/aromatic N) is 2. The molecule has 1 N–H and O–H groups in total. The summed E-state index contributed by atoms with van der Waals surface area (Å²) in [6, 6.07) is 4.66. The third-order valence-corrected chi connectivity index (χ3v) is 6.98. The number of hydrogen-bond donors (Lipinski definition) is 1. The van der Waals surface area contributed by atoms with Gasteiger partial charge in [-0.2, -0.15) is 0 Å². The summed E-state index contributed by atoms with van der Waals surface area (Å²) in [6.45, 7) is 1.80. The van der Waals surface area contributed by atoms with Crippen LogP contribution in [0.2, 0.25) is 0 Å². The molecule has 0 aliphatic heterocycles. The van der Waals surface area contributed by atoms with Gasteiger partial charge in [0.1, 0.15) is 16.7 Å². The molecule has 0 radical (unpaired) electrons. The molecule has 2 rings (SSSR count). The van der Waals surface area contributed by atoms with E-state index >= 15 is 0 Å². The normalized spacial score (nSPS) is 16.8. The Morgan fingerprint density at radius 1 is 1.19 bits per heavy atom. The summed E-state index contributed by atoms with van der Waals surface area (Å²) in [6.07, 6.45) is 5.65. The fourth-order valence-electron chi connectivity index (χ4n) is 3.43. The third-order valence-electron chi connectivity index (χ3n) is 5.15. The van der Waals surface area contributed by atoms with Crippen LogP contribution < -0.4 is 10.1 Å². The number of carbonyl (C=O) groups is 1. The maximum atomic E-state index is 12.8. The average Bonchev–Trinajstić information content (AvgIpc) is 2.67. The second-order valence-electron chi connectivity index (χ2n) is 7.26. The average molecular weight is 398 g/mol. The van der Waals surface area contributed by atoms with Gasteiger partial charge in [0.05, 0.1) is 7.11 Å². The lowest BCUT2D eigenvalue weighted by molar-refractivity contribution is -0.133. The zero-order valence-electron chi connectivity index (χ0n) is 16.9. The van der Waals surface area contributed by atoms with Crippen molar-refractivity contribution in [3.63, 3.8) is 0 Å². The molecule has 1 saturated carbocycles. The van der Waals surface area contributed by atoms with Crippen molar-refractivity contribution >= 4 is 21.6 Å². The van der Waals surface area contributed by atoms with Gasteiger partial charge in [-0.25, -0.2) is 12.7 Å². The van der Waals surface area contributed by atoms with Crippen molar-refractivity contribution < 1.29 is 17.9 Å². The highest BCUT2D eigenvalue weighted by Crippen LogP contribution is 2.29. The summed E-state index contributed by atoms with van der Waals surface area (Å²) < 4.78 is 31.4. The first-order valence-corrected chi connectivity index (χ1v) is 10.8. The zero-order valence-corrected chi connectivity index (χ0v) is 17.7. The van der Waals surface area contributed by atoms with E-state index in [2.05, 4.69) is 5.32 Å². The number of sulfonamides is 1. The molecule has 1 aliphatic rings. The maximum absolute atomic E-state index is 12.8. The van der Waals surface area contributed by atoms with Gasteiger partial charge in [-0.3, -0.25) is 4.79 Å². The Hall–Kier alpha value is -1.80. The monoisotopic (exact) mass is 397 g/mol. The van der Waals surface area contributed by atoms with E-state index in [0.29, 0.717) is 5.69 Å². The molecule has 0 aromatic heterocycles. The molecule has 1 fully saturated rings. The number of nitrogens with one attached hydrogen (secondary N) is 1. The predicted molar refractivity (Wildman–Crippen MR) is 107 cm³/mol. The molecule has 7 nitrogen and oxygen atoms in total. The van der Waals surface area contributed by atoms with Gasteiger partial charge in [-0.05, 0) is 38.0 Å². The Balaban J connectivity index is 2.17. The van der Waals surface area contributed by atoms with Gasteiger partial charge in [0, 0.05) is 32.9 Å². The van der Waals surface area contributed by atoms with Crippen molar-refractivity contribution in [3.8, 4) is 5.75 Å². The van der Waals surface area contributed by atoms with Crippen molar-refractivity contribution in [2.75, 3.05) is 33.6 Å². The Kier molecular flexibility index (Phi) is 7.11. The van der Waals surface area contributed by atoms with Crippen molar-refractivity contribution in [1.82, 2.24) is 9.21 Å². The van der Waals surface area contributed by atoms with Gasteiger partial charge in [0.15, 0.2) is 0 Å². The molecule has 0 unspecified atom stereocenters. The second kappa shape index (κ2) is 8.93. The number of methoxy groups -OCH3 is 1. The van der Waals surface area contributed by atoms with Gasteiger partial charge in [0.2, 0.25) is 15.9 Å². The van der Waals surface area contributed by atoms with Crippen LogP contribution >= 0.6 is 0 Å². The van der Waals surface area contributed by atoms with Gasteiger partial charge in [0.25, 0.3) is 0 Å². The molecular formula is C19H31N3O4S. The summed E-state index contributed by atoms with van der Waals surface area (Å²) in [5.74, 6) is 0.280. The molecule has 0 spiro atoms. The summed E-state index contributed by atoms with van der Waals surface area (Å²) in [5.41, 5.74) is 0.564. The number of rotatable bonds is 7.